The van der Waals surface area contributed by atoms with Crippen molar-refractivity contribution in [2.75, 3.05) is 18.0 Å². The average Bonchev–Trinajstić information content (AvgIpc) is 2.77. The van der Waals surface area contributed by atoms with Crippen LogP contribution in [0.15, 0.2) is 68.2 Å². The van der Waals surface area contributed by atoms with Gasteiger partial charge >= 0.3 is 0 Å². The Morgan fingerprint density at radius 1 is 1.11 bits per heavy atom. The van der Waals surface area contributed by atoms with Crippen LogP contribution in [0, 0.1) is 0 Å². The van der Waals surface area contributed by atoms with Gasteiger partial charge in [0.15, 0.2) is 5.84 Å². The van der Waals surface area contributed by atoms with Crippen molar-refractivity contribution in [2.45, 2.75) is 25.9 Å². The third-order valence-corrected chi connectivity index (χ3v) is 5.02. The molecule has 0 fully saturated rings. The van der Waals surface area contributed by atoms with Crippen LogP contribution in [0.4, 0.5) is 5.69 Å². The monoisotopic (exact) mass is 424 g/mol. The summed E-state index contributed by atoms with van der Waals surface area (Å²) in [5.74, 6) is 0.823. The highest BCUT2D eigenvalue weighted by Gasteiger charge is 2.29. The molecule has 2 aliphatic rings. The van der Waals surface area contributed by atoms with Crippen LogP contribution in [0.5, 0.6) is 0 Å². The molecule has 0 amide bonds. The quantitative estimate of drug-likeness (QED) is 0.807. The second-order valence-electron chi connectivity index (χ2n) is 7.45. The summed E-state index contributed by atoms with van der Waals surface area (Å²) in [6.45, 7) is 4.66. The Morgan fingerprint density at radius 2 is 1.89 bits per heavy atom. The van der Waals surface area contributed by atoms with E-state index in [0.29, 0.717) is 19.5 Å². The molecule has 6 heteroatoms. The lowest BCUT2D eigenvalue weighted by Crippen LogP contribution is -2.41. The predicted octanol–water partition coefficient (Wildman–Crippen LogP) is 4.04. The van der Waals surface area contributed by atoms with Gasteiger partial charge in [-0.2, -0.15) is 5.10 Å². The van der Waals surface area contributed by atoms with Crippen molar-refractivity contribution < 1.29 is 5.11 Å². The Bertz CT molecular complexity index is 958. The zero-order valence-corrected chi connectivity index (χ0v) is 16.9. The Hall–Kier alpha value is -2.31. The van der Waals surface area contributed by atoms with E-state index in [1.165, 1.54) is 0 Å². The van der Waals surface area contributed by atoms with Crippen molar-refractivity contribution in [3.8, 4) is 0 Å². The minimum Gasteiger partial charge on any atom is -0.390 e. The third kappa shape index (κ3) is 3.87. The number of benzene rings is 2. The van der Waals surface area contributed by atoms with Gasteiger partial charge in [0.25, 0.3) is 0 Å². The van der Waals surface area contributed by atoms with Gasteiger partial charge in [0.2, 0.25) is 0 Å². The largest absolute Gasteiger partial charge is 0.390 e. The molecule has 2 heterocycles. The van der Waals surface area contributed by atoms with Crippen molar-refractivity contribution in [1.29, 1.82) is 0 Å². The number of hydrogen-bond acceptors (Lipinski definition) is 5. The number of fused-ring (bicyclic) bond motifs is 3. The Morgan fingerprint density at radius 3 is 2.63 bits per heavy atom. The zero-order valence-electron chi connectivity index (χ0n) is 15.4. The van der Waals surface area contributed by atoms with Gasteiger partial charge in [0, 0.05) is 22.0 Å². The van der Waals surface area contributed by atoms with Crippen molar-refractivity contribution in [3.05, 3.63) is 64.1 Å². The fourth-order valence-electron chi connectivity index (χ4n) is 3.43. The summed E-state index contributed by atoms with van der Waals surface area (Å²) >= 11 is 3.60. The summed E-state index contributed by atoms with van der Waals surface area (Å²) in [6.07, 6.45) is 0.485. The van der Waals surface area contributed by atoms with E-state index < -0.39 is 5.60 Å². The van der Waals surface area contributed by atoms with E-state index in [9.17, 15) is 5.11 Å². The number of aliphatic imine (C=N–C) groups is 1. The van der Waals surface area contributed by atoms with Crippen LogP contribution in [0.1, 0.15) is 31.4 Å². The Kier molecular flexibility index (Phi) is 4.70. The molecule has 0 atom stereocenters. The molecule has 5 nitrogen and oxygen atoms in total. The standard InChI is InChI=1S/C21H21BrN4O/c1-21(2,27)11-16-13-26-18-9-8-15(22)10-17(18)20(14-6-4-3-5-7-14)23-12-19(26)25-24-16/h3-10,27H,11-13H2,1-2H3. The summed E-state index contributed by atoms with van der Waals surface area (Å²) in [5.41, 5.74) is 4.20. The molecule has 0 unspecified atom stereocenters. The van der Waals surface area contributed by atoms with Crippen molar-refractivity contribution in [2.24, 2.45) is 15.2 Å². The van der Waals surface area contributed by atoms with Crippen LogP contribution in [0.25, 0.3) is 0 Å². The number of hydrogen-bond donors (Lipinski definition) is 1. The van der Waals surface area contributed by atoms with Gasteiger partial charge in [0.1, 0.15) is 0 Å². The SMILES string of the molecule is CC(C)(O)CC1=NN=C2CN=C(c3ccccc3)c3cc(Br)ccc3N2C1. The van der Waals surface area contributed by atoms with E-state index in [1.807, 2.05) is 24.3 Å². The van der Waals surface area contributed by atoms with E-state index in [2.05, 4.69) is 55.3 Å². The highest BCUT2D eigenvalue weighted by atomic mass is 79.9. The average molecular weight is 425 g/mol. The second kappa shape index (κ2) is 7.02. The lowest BCUT2D eigenvalue weighted by Gasteiger charge is -2.30. The molecule has 1 N–H and O–H groups in total. The molecule has 0 aromatic heterocycles. The highest BCUT2D eigenvalue weighted by molar-refractivity contribution is 9.10. The molecule has 0 saturated carbocycles. The predicted molar refractivity (Wildman–Crippen MR) is 114 cm³/mol. The molecule has 2 aromatic carbocycles. The van der Waals surface area contributed by atoms with Gasteiger partial charge in [-0.15, -0.1) is 5.10 Å². The van der Waals surface area contributed by atoms with Crippen molar-refractivity contribution in [3.63, 3.8) is 0 Å². The number of nitrogens with zero attached hydrogens (tertiary/aromatic N) is 4. The first-order chi connectivity index (χ1) is 12.9. The fourth-order valence-corrected chi connectivity index (χ4v) is 3.79. The molecule has 27 heavy (non-hydrogen) atoms. The van der Waals surface area contributed by atoms with Crippen LogP contribution in [-0.4, -0.2) is 41.1 Å². The van der Waals surface area contributed by atoms with Crippen molar-refractivity contribution in [1.82, 2.24) is 0 Å². The smallest absolute Gasteiger partial charge is 0.154 e. The van der Waals surface area contributed by atoms with Crippen LogP contribution in [0.2, 0.25) is 0 Å². The minimum absolute atomic E-state index is 0.468. The molecule has 4 rings (SSSR count). The maximum absolute atomic E-state index is 10.2. The number of rotatable bonds is 3. The first-order valence-corrected chi connectivity index (χ1v) is 9.72. The topological polar surface area (TPSA) is 60.6 Å². The first kappa shape index (κ1) is 18.1. The summed E-state index contributed by atoms with van der Waals surface area (Å²) in [7, 11) is 0. The van der Waals surface area contributed by atoms with E-state index >= 15 is 0 Å². The van der Waals surface area contributed by atoms with Crippen LogP contribution >= 0.6 is 15.9 Å². The number of amidine groups is 1. The maximum atomic E-state index is 10.2. The summed E-state index contributed by atoms with van der Waals surface area (Å²) < 4.78 is 1.01. The maximum Gasteiger partial charge on any atom is 0.154 e. The molecule has 0 spiro atoms. The van der Waals surface area contributed by atoms with Gasteiger partial charge in [-0.3, -0.25) is 4.99 Å². The molecular weight excluding hydrogens is 404 g/mol. The van der Waals surface area contributed by atoms with Gasteiger partial charge in [0.05, 0.1) is 35.8 Å². The molecule has 138 valence electrons. The summed E-state index contributed by atoms with van der Waals surface area (Å²) in [5, 5.41) is 18.9. The van der Waals surface area contributed by atoms with Gasteiger partial charge in [-0.1, -0.05) is 46.3 Å². The minimum atomic E-state index is -0.814. The second-order valence-corrected chi connectivity index (χ2v) is 8.37. The molecular formula is C21H21BrN4O. The summed E-state index contributed by atoms with van der Waals surface area (Å²) in [4.78, 5) is 7.03. The fraction of sp³-hybridized carbons (Fsp3) is 0.286. The summed E-state index contributed by atoms with van der Waals surface area (Å²) in [6, 6.07) is 16.4. The molecule has 0 aliphatic carbocycles. The molecule has 0 saturated heterocycles. The van der Waals surface area contributed by atoms with Crippen LogP contribution < -0.4 is 4.90 Å². The Labute approximate surface area is 167 Å². The molecule has 0 radical (unpaired) electrons. The lowest BCUT2D eigenvalue weighted by molar-refractivity contribution is 0.0882. The van der Waals surface area contributed by atoms with Gasteiger partial charge < -0.3 is 10.0 Å². The van der Waals surface area contributed by atoms with Gasteiger partial charge in [-0.05, 0) is 32.0 Å². The Balaban J connectivity index is 1.79. The molecule has 2 aromatic rings. The molecule has 2 aliphatic heterocycles. The zero-order chi connectivity index (χ0) is 19.0. The van der Waals surface area contributed by atoms with Crippen LogP contribution in [-0.2, 0) is 0 Å². The third-order valence-electron chi connectivity index (χ3n) is 4.53. The van der Waals surface area contributed by atoms with Gasteiger partial charge in [-0.25, -0.2) is 0 Å². The molecule has 0 bridgehead atoms. The van der Waals surface area contributed by atoms with E-state index in [4.69, 9.17) is 4.99 Å². The van der Waals surface area contributed by atoms with Crippen LogP contribution in [0.3, 0.4) is 0 Å². The number of aliphatic hydroxyl groups is 1. The number of halogens is 1. The van der Waals surface area contributed by atoms with E-state index in [-0.39, 0.29) is 0 Å². The highest BCUT2D eigenvalue weighted by Crippen LogP contribution is 2.31. The normalized spacial score (nSPS) is 16.6. The first-order valence-electron chi connectivity index (χ1n) is 8.93. The van der Waals surface area contributed by atoms with E-state index in [0.717, 1.165) is 38.5 Å². The van der Waals surface area contributed by atoms with Crippen molar-refractivity contribution >= 4 is 38.9 Å². The number of anilines is 1. The lowest BCUT2D eigenvalue weighted by atomic mass is 9.99. The van der Waals surface area contributed by atoms with E-state index in [1.54, 1.807) is 13.8 Å².